The second-order valence-electron chi connectivity index (χ2n) is 6.00. The van der Waals surface area contributed by atoms with Crippen LogP contribution < -0.4 is 5.32 Å². The molecule has 0 radical (unpaired) electrons. The smallest absolute Gasteiger partial charge is 0.309 e. The summed E-state index contributed by atoms with van der Waals surface area (Å²) in [6.07, 6.45) is 0.485. The number of carboxylic acid groups (broad SMARTS) is 1. The van der Waals surface area contributed by atoms with Gasteiger partial charge >= 0.3 is 5.97 Å². The van der Waals surface area contributed by atoms with Gasteiger partial charge in [0, 0.05) is 17.5 Å². The lowest BCUT2D eigenvalue weighted by Crippen LogP contribution is -2.32. The Morgan fingerprint density at radius 2 is 2.17 bits per heavy atom. The molecule has 23 heavy (non-hydrogen) atoms. The highest BCUT2D eigenvalue weighted by atomic mass is 32.1. The predicted molar refractivity (Wildman–Crippen MR) is 87.3 cm³/mol. The van der Waals surface area contributed by atoms with E-state index in [1.165, 1.54) is 0 Å². The standard InChI is InChI=1S/C16H20N2O4S/c1-10-12(18-14(22-10)11-4-7-23-9-11)8-13(19)17-6-5-16(2,3)15(20)21/h4,7,9H,5-6,8H2,1-3H3,(H,17,19)(H,20,21). The van der Waals surface area contributed by atoms with Gasteiger partial charge in [-0.2, -0.15) is 11.3 Å². The van der Waals surface area contributed by atoms with Crippen LogP contribution in [0.1, 0.15) is 31.7 Å². The zero-order chi connectivity index (χ0) is 17.0. The van der Waals surface area contributed by atoms with E-state index >= 15 is 0 Å². The largest absolute Gasteiger partial charge is 0.481 e. The first-order valence-electron chi connectivity index (χ1n) is 7.28. The molecule has 0 atom stereocenters. The van der Waals surface area contributed by atoms with Gasteiger partial charge in [-0.25, -0.2) is 4.98 Å². The molecule has 0 aromatic carbocycles. The number of carboxylic acids is 1. The molecule has 0 aliphatic heterocycles. The fourth-order valence-electron chi connectivity index (χ4n) is 1.94. The summed E-state index contributed by atoms with van der Waals surface area (Å²) in [7, 11) is 0. The second-order valence-corrected chi connectivity index (χ2v) is 6.78. The molecular formula is C16H20N2O4S. The summed E-state index contributed by atoms with van der Waals surface area (Å²) in [5.74, 6) is 0.0599. The van der Waals surface area contributed by atoms with E-state index in [0.29, 0.717) is 30.3 Å². The van der Waals surface area contributed by atoms with Gasteiger partial charge in [-0.1, -0.05) is 0 Å². The number of nitrogens with zero attached hydrogens (tertiary/aromatic N) is 1. The summed E-state index contributed by atoms with van der Waals surface area (Å²) >= 11 is 1.55. The van der Waals surface area contributed by atoms with Gasteiger partial charge < -0.3 is 14.8 Å². The fourth-order valence-corrected chi connectivity index (χ4v) is 2.57. The minimum absolute atomic E-state index is 0.118. The van der Waals surface area contributed by atoms with Gasteiger partial charge in [0.2, 0.25) is 11.8 Å². The van der Waals surface area contributed by atoms with E-state index in [1.54, 1.807) is 32.1 Å². The number of hydrogen-bond acceptors (Lipinski definition) is 5. The van der Waals surface area contributed by atoms with E-state index in [-0.39, 0.29) is 12.3 Å². The zero-order valence-electron chi connectivity index (χ0n) is 13.4. The molecule has 2 aromatic heterocycles. The second kappa shape index (κ2) is 6.95. The molecule has 2 heterocycles. The summed E-state index contributed by atoms with van der Waals surface area (Å²) in [5, 5.41) is 15.6. The molecule has 6 nitrogen and oxygen atoms in total. The zero-order valence-corrected chi connectivity index (χ0v) is 14.2. The molecule has 2 aromatic rings. The van der Waals surface area contributed by atoms with E-state index in [0.717, 1.165) is 5.56 Å². The summed E-state index contributed by atoms with van der Waals surface area (Å²) in [5.41, 5.74) is 0.637. The topological polar surface area (TPSA) is 92.4 Å². The maximum Gasteiger partial charge on any atom is 0.309 e. The van der Waals surface area contributed by atoms with Crippen molar-refractivity contribution in [1.82, 2.24) is 10.3 Å². The molecule has 0 bridgehead atoms. The minimum atomic E-state index is -0.875. The quantitative estimate of drug-likeness (QED) is 0.811. The van der Waals surface area contributed by atoms with Gasteiger partial charge in [-0.05, 0) is 38.6 Å². The molecule has 1 amide bonds. The van der Waals surface area contributed by atoms with Gasteiger partial charge in [-0.3, -0.25) is 9.59 Å². The number of amides is 1. The minimum Gasteiger partial charge on any atom is -0.481 e. The lowest BCUT2D eigenvalue weighted by molar-refractivity contribution is -0.147. The van der Waals surface area contributed by atoms with E-state index in [1.807, 2.05) is 16.8 Å². The van der Waals surface area contributed by atoms with Crippen molar-refractivity contribution in [2.24, 2.45) is 5.41 Å². The summed E-state index contributed by atoms with van der Waals surface area (Å²) in [4.78, 5) is 27.4. The third kappa shape index (κ3) is 4.41. The first kappa shape index (κ1) is 17.2. The van der Waals surface area contributed by atoms with Crippen LogP contribution in [0.5, 0.6) is 0 Å². The average Bonchev–Trinajstić information content (AvgIpc) is 3.09. The molecule has 124 valence electrons. The van der Waals surface area contributed by atoms with Crippen LogP contribution in [-0.4, -0.2) is 28.5 Å². The van der Waals surface area contributed by atoms with Crippen molar-refractivity contribution in [2.45, 2.75) is 33.6 Å². The van der Waals surface area contributed by atoms with Crippen LogP contribution in [0.2, 0.25) is 0 Å². The van der Waals surface area contributed by atoms with Crippen molar-refractivity contribution in [1.29, 1.82) is 0 Å². The number of aliphatic carboxylic acids is 1. The lowest BCUT2D eigenvalue weighted by atomic mass is 9.90. The van der Waals surface area contributed by atoms with Crippen LogP contribution in [0.25, 0.3) is 11.5 Å². The van der Waals surface area contributed by atoms with Crippen LogP contribution in [0.3, 0.4) is 0 Å². The highest BCUT2D eigenvalue weighted by molar-refractivity contribution is 7.08. The van der Waals surface area contributed by atoms with Gasteiger partial charge in [0.05, 0.1) is 17.5 Å². The number of oxazole rings is 1. The van der Waals surface area contributed by atoms with E-state index < -0.39 is 11.4 Å². The van der Waals surface area contributed by atoms with Crippen molar-refractivity contribution >= 4 is 23.2 Å². The molecular weight excluding hydrogens is 316 g/mol. The monoisotopic (exact) mass is 336 g/mol. The Labute approximate surface area is 138 Å². The first-order chi connectivity index (χ1) is 10.8. The van der Waals surface area contributed by atoms with E-state index in [2.05, 4.69) is 10.3 Å². The molecule has 7 heteroatoms. The predicted octanol–water partition coefficient (Wildman–Crippen LogP) is 2.87. The van der Waals surface area contributed by atoms with Crippen molar-refractivity contribution in [2.75, 3.05) is 6.54 Å². The fraction of sp³-hybridized carbons (Fsp3) is 0.438. The maximum absolute atomic E-state index is 12.0. The Balaban J connectivity index is 1.90. The molecule has 0 aliphatic carbocycles. The molecule has 2 rings (SSSR count). The third-order valence-electron chi connectivity index (χ3n) is 3.64. The highest BCUT2D eigenvalue weighted by Gasteiger charge is 2.26. The third-order valence-corrected chi connectivity index (χ3v) is 4.32. The summed E-state index contributed by atoms with van der Waals surface area (Å²) in [6.45, 7) is 5.36. The number of carbonyl (C=O) groups is 2. The molecule has 0 unspecified atom stereocenters. The molecule has 0 saturated carbocycles. The number of rotatable bonds is 7. The van der Waals surface area contributed by atoms with Crippen molar-refractivity contribution in [3.05, 3.63) is 28.3 Å². The number of aromatic nitrogens is 1. The Morgan fingerprint density at radius 1 is 1.43 bits per heavy atom. The Morgan fingerprint density at radius 3 is 2.78 bits per heavy atom. The number of nitrogens with one attached hydrogen (secondary N) is 1. The van der Waals surface area contributed by atoms with Gasteiger partial charge in [0.25, 0.3) is 0 Å². The number of carbonyl (C=O) groups excluding carboxylic acids is 1. The molecule has 0 saturated heterocycles. The van der Waals surface area contributed by atoms with Gasteiger partial charge in [0.15, 0.2) is 0 Å². The molecule has 0 aliphatic rings. The normalized spacial score (nSPS) is 11.4. The van der Waals surface area contributed by atoms with Crippen LogP contribution in [-0.2, 0) is 16.0 Å². The molecule has 2 N–H and O–H groups in total. The average molecular weight is 336 g/mol. The van der Waals surface area contributed by atoms with E-state index in [4.69, 9.17) is 9.52 Å². The Bertz CT molecular complexity index is 689. The van der Waals surface area contributed by atoms with Gasteiger partial charge in [0.1, 0.15) is 5.76 Å². The van der Waals surface area contributed by atoms with Crippen molar-refractivity contribution < 1.29 is 19.1 Å². The summed E-state index contributed by atoms with van der Waals surface area (Å²) in [6, 6.07) is 1.91. The molecule has 0 spiro atoms. The first-order valence-corrected chi connectivity index (χ1v) is 8.23. The maximum atomic E-state index is 12.0. The SMILES string of the molecule is Cc1oc(-c2ccsc2)nc1CC(=O)NCCC(C)(C)C(=O)O. The van der Waals surface area contributed by atoms with Crippen LogP contribution in [0, 0.1) is 12.3 Å². The lowest BCUT2D eigenvalue weighted by Gasteiger charge is -2.18. The van der Waals surface area contributed by atoms with Crippen molar-refractivity contribution in [3.8, 4) is 11.5 Å². The summed E-state index contributed by atoms with van der Waals surface area (Å²) < 4.78 is 5.59. The number of thiophene rings is 1. The number of hydrogen-bond donors (Lipinski definition) is 2. The Kier molecular flexibility index (Phi) is 5.20. The van der Waals surface area contributed by atoms with Crippen LogP contribution in [0.4, 0.5) is 0 Å². The van der Waals surface area contributed by atoms with Crippen molar-refractivity contribution in [3.63, 3.8) is 0 Å². The highest BCUT2D eigenvalue weighted by Crippen LogP contribution is 2.24. The van der Waals surface area contributed by atoms with Crippen LogP contribution >= 0.6 is 11.3 Å². The van der Waals surface area contributed by atoms with Gasteiger partial charge in [-0.15, -0.1) is 0 Å². The Hall–Kier alpha value is -2.15. The molecule has 0 fully saturated rings. The number of aryl methyl sites for hydroxylation is 1. The van der Waals surface area contributed by atoms with Crippen LogP contribution in [0.15, 0.2) is 21.2 Å². The van der Waals surface area contributed by atoms with E-state index in [9.17, 15) is 9.59 Å².